The lowest BCUT2D eigenvalue weighted by Gasteiger charge is -2.10. The molecule has 10 heteroatoms. The lowest BCUT2D eigenvalue weighted by atomic mass is 10.2. The highest BCUT2D eigenvalue weighted by Crippen LogP contribution is 2.19. The van der Waals surface area contributed by atoms with Crippen molar-refractivity contribution in [2.24, 2.45) is 0 Å². The van der Waals surface area contributed by atoms with E-state index in [1.54, 1.807) is 31.2 Å². The molecule has 0 saturated carbocycles. The van der Waals surface area contributed by atoms with Crippen LogP contribution in [0.5, 0.6) is 0 Å². The maximum absolute atomic E-state index is 12.5. The van der Waals surface area contributed by atoms with Crippen LogP contribution in [0.4, 0.5) is 5.69 Å². The van der Waals surface area contributed by atoms with Crippen LogP contribution in [0, 0.1) is 0 Å². The van der Waals surface area contributed by atoms with Gasteiger partial charge in [-0.2, -0.15) is 0 Å². The number of carbonyl (C=O) groups excluding carboxylic acids is 1. The van der Waals surface area contributed by atoms with Gasteiger partial charge < -0.3 is 4.74 Å². The molecule has 0 radical (unpaired) electrons. The Bertz CT molecular complexity index is 1000. The lowest BCUT2D eigenvalue weighted by Crippen LogP contribution is -2.13. The van der Waals surface area contributed by atoms with E-state index >= 15 is 0 Å². The summed E-state index contributed by atoms with van der Waals surface area (Å²) in [6, 6.07) is 12.1. The summed E-state index contributed by atoms with van der Waals surface area (Å²) in [6.07, 6.45) is 1.40. The van der Waals surface area contributed by atoms with Gasteiger partial charge in [-0.05, 0) is 59.8 Å². The third-order valence-electron chi connectivity index (χ3n) is 3.39. The van der Waals surface area contributed by atoms with Crippen molar-refractivity contribution in [2.45, 2.75) is 11.8 Å². The predicted octanol–water partition coefficient (Wildman–Crippen LogP) is 1.64. The molecule has 0 amide bonds. The van der Waals surface area contributed by atoms with Gasteiger partial charge in [0.2, 0.25) is 0 Å². The number of hydrogen-bond acceptors (Lipinski definition) is 7. The molecule has 0 aliphatic heterocycles. The highest BCUT2D eigenvalue weighted by atomic mass is 32.2. The fraction of sp³-hybridized carbons (Fsp3) is 0.125. The number of nitrogens with zero attached hydrogens (tertiary/aromatic N) is 4. The molecule has 134 valence electrons. The van der Waals surface area contributed by atoms with E-state index in [2.05, 4.69) is 20.2 Å². The number of tetrazole rings is 1. The van der Waals surface area contributed by atoms with Gasteiger partial charge in [-0.15, -0.1) is 5.10 Å². The van der Waals surface area contributed by atoms with Crippen molar-refractivity contribution in [1.29, 1.82) is 0 Å². The van der Waals surface area contributed by atoms with E-state index in [-0.39, 0.29) is 17.1 Å². The molecule has 0 saturated heterocycles. The molecule has 26 heavy (non-hydrogen) atoms. The first-order chi connectivity index (χ1) is 12.5. The highest BCUT2D eigenvalue weighted by Gasteiger charge is 2.16. The van der Waals surface area contributed by atoms with Crippen LogP contribution in [0.1, 0.15) is 17.3 Å². The molecule has 0 atom stereocenters. The molecule has 2 aromatic carbocycles. The normalized spacial score (nSPS) is 11.1. The Hall–Kier alpha value is -3.27. The summed E-state index contributed by atoms with van der Waals surface area (Å²) < 4.78 is 33.8. The summed E-state index contributed by atoms with van der Waals surface area (Å²) in [4.78, 5) is 11.7. The summed E-state index contributed by atoms with van der Waals surface area (Å²) in [5.41, 5.74) is 1.24. The van der Waals surface area contributed by atoms with E-state index in [9.17, 15) is 13.2 Å². The number of ether oxygens (including phenoxy) is 1. The minimum absolute atomic E-state index is 0.0263. The van der Waals surface area contributed by atoms with Crippen LogP contribution in [0.25, 0.3) is 5.69 Å². The van der Waals surface area contributed by atoms with Crippen molar-refractivity contribution in [3.05, 3.63) is 60.4 Å². The number of carbonyl (C=O) groups is 1. The topological polar surface area (TPSA) is 116 Å². The second kappa shape index (κ2) is 7.31. The molecule has 0 spiro atoms. The van der Waals surface area contributed by atoms with Crippen LogP contribution in [0.3, 0.4) is 0 Å². The second-order valence-electron chi connectivity index (χ2n) is 5.16. The average Bonchev–Trinajstić information content (AvgIpc) is 3.17. The minimum atomic E-state index is -3.82. The number of hydrogen-bond donors (Lipinski definition) is 1. The largest absolute Gasteiger partial charge is 0.462 e. The van der Waals surface area contributed by atoms with E-state index < -0.39 is 16.0 Å². The Balaban J connectivity index is 1.81. The lowest BCUT2D eigenvalue weighted by molar-refractivity contribution is 0.0526. The van der Waals surface area contributed by atoms with Gasteiger partial charge in [-0.25, -0.2) is 17.9 Å². The minimum Gasteiger partial charge on any atom is -0.462 e. The summed E-state index contributed by atoms with van der Waals surface area (Å²) >= 11 is 0. The predicted molar refractivity (Wildman–Crippen MR) is 92.4 cm³/mol. The van der Waals surface area contributed by atoms with Gasteiger partial charge in [-0.3, -0.25) is 4.72 Å². The first-order valence-electron chi connectivity index (χ1n) is 7.63. The summed E-state index contributed by atoms with van der Waals surface area (Å²) in [6.45, 7) is 1.95. The van der Waals surface area contributed by atoms with E-state index in [1.807, 2.05) is 0 Å². The Labute approximate surface area is 149 Å². The molecule has 1 aromatic heterocycles. The van der Waals surface area contributed by atoms with Crippen LogP contribution < -0.4 is 4.72 Å². The van der Waals surface area contributed by atoms with E-state index in [0.29, 0.717) is 11.4 Å². The average molecular weight is 373 g/mol. The smallest absolute Gasteiger partial charge is 0.338 e. The van der Waals surface area contributed by atoms with Crippen LogP contribution in [-0.4, -0.2) is 41.2 Å². The molecule has 0 bridgehead atoms. The Morgan fingerprint density at radius 3 is 2.62 bits per heavy atom. The van der Waals surface area contributed by atoms with Gasteiger partial charge in [0, 0.05) is 0 Å². The number of rotatable bonds is 6. The number of esters is 1. The third-order valence-corrected chi connectivity index (χ3v) is 4.78. The number of aromatic nitrogens is 4. The van der Waals surface area contributed by atoms with E-state index in [1.165, 1.54) is 35.3 Å². The SMILES string of the molecule is CCOC(=O)c1ccc(S(=O)(=O)Nc2cccc(-n3cnnn3)c2)cc1. The van der Waals surface area contributed by atoms with E-state index in [4.69, 9.17) is 4.74 Å². The van der Waals surface area contributed by atoms with Gasteiger partial charge in [0.25, 0.3) is 10.0 Å². The third kappa shape index (κ3) is 3.86. The molecule has 0 fully saturated rings. The Morgan fingerprint density at radius 1 is 1.19 bits per heavy atom. The standard InChI is InChI=1S/C16H15N5O4S/c1-2-25-16(22)12-6-8-15(9-7-12)26(23,24)18-13-4-3-5-14(10-13)21-11-17-19-20-21/h3-11,18H,2H2,1H3. The summed E-state index contributed by atoms with van der Waals surface area (Å²) in [5.74, 6) is -0.501. The number of anilines is 1. The van der Waals surface area contributed by atoms with Crippen LogP contribution >= 0.6 is 0 Å². The summed E-state index contributed by atoms with van der Waals surface area (Å²) in [5, 5.41) is 10.8. The van der Waals surface area contributed by atoms with Crippen molar-refractivity contribution in [1.82, 2.24) is 20.2 Å². The molecular weight excluding hydrogens is 358 g/mol. The van der Waals surface area contributed by atoms with Gasteiger partial charge in [0.15, 0.2) is 0 Å². The molecule has 1 N–H and O–H groups in total. The first kappa shape index (κ1) is 17.5. The van der Waals surface area contributed by atoms with Gasteiger partial charge in [0.1, 0.15) is 6.33 Å². The molecule has 0 aliphatic carbocycles. The second-order valence-corrected chi connectivity index (χ2v) is 6.84. The number of benzene rings is 2. The number of sulfonamides is 1. The zero-order valence-electron chi connectivity index (χ0n) is 13.7. The monoisotopic (exact) mass is 373 g/mol. The fourth-order valence-electron chi connectivity index (χ4n) is 2.19. The van der Waals surface area contributed by atoms with Crippen LogP contribution in [-0.2, 0) is 14.8 Å². The zero-order valence-corrected chi connectivity index (χ0v) is 14.5. The van der Waals surface area contributed by atoms with Crippen molar-refractivity contribution in [3.8, 4) is 5.69 Å². The Kier molecular flexibility index (Phi) is 4.94. The molecule has 0 aliphatic rings. The zero-order chi connectivity index (χ0) is 18.6. The number of nitrogens with one attached hydrogen (secondary N) is 1. The van der Waals surface area contributed by atoms with E-state index in [0.717, 1.165) is 0 Å². The van der Waals surface area contributed by atoms with Gasteiger partial charge in [0.05, 0.1) is 28.4 Å². The molecule has 3 aromatic rings. The molecule has 0 unspecified atom stereocenters. The molecule has 9 nitrogen and oxygen atoms in total. The van der Waals surface area contributed by atoms with Crippen molar-refractivity contribution >= 4 is 21.7 Å². The van der Waals surface area contributed by atoms with Crippen LogP contribution in [0.15, 0.2) is 59.8 Å². The summed E-state index contributed by atoms with van der Waals surface area (Å²) in [7, 11) is -3.82. The van der Waals surface area contributed by atoms with Gasteiger partial charge >= 0.3 is 5.97 Å². The fourth-order valence-corrected chi connectivity index (χ4v) is 3.24. The molecule has 3 rings (SSSR count). The van der Waals surface area contributed by atoms with Crippen molar-refractivity contribution in [3.63, 3.8) is 0 Å². The van der Waals surface area contributed by atoms with Crippen molar-refractivity contribution < 1.29 is 17.9 Å². The highest BCUT2D eigenvalue weighted by molar-refractivity contribution is 7.92. The molecule has 1 heterocycles. The Morgan fingerprint density at radius 2 is 1.96 bits per heavy atom. The van der Waals surface area contributed by atoms with Crippen molar-refractivity contribution in [2.75, 3.05) is 11.3 Å². The van der Waals surface area contributed by atoms with Gasteiger partial charge in [-0.1, -0.05) is 6.07 Å². The first-order valence-corrected chi connectivity index (χ1v) is 9.11. The maximum atomic E-state index is 12.5. The maximum Gasteiger partial charge on any atom is 0.338 e. The quantitative estimate of drug-likeness (QED) is 0.653. The molecular formula is C16H15N5O4S. The van der Waals surface area contributed by atoms with Crippen LogP contribution in [0.2, 0.25) is 0 Å².